The number of amides is 1. The molecule has 4 heteroatoms. The fourth-order valence-electron chi connectivity index (χ4n) is 2.80. The van der Waals surface area contributed by atoms with Gasteiger partial charge in [0.1, 0.15) is 0 Å². The predicted octanol–water partition coefficient (Wildman–Crippen LogP) is 3.76. The van der Waals surface area contributed by atoms with Crippen LogP contribution in [0.5, 0.6) is 0 Å². The standard InChI is InChI=1S/C16H23ClN2O/c1-11-7-8-14(17)9-15(11)19-16(20)10-18-12(2)13-5-3-4-6-13/h7-9,12-13,18H,3-6,10H2,1-2H3,(H,19,20)/t12-/m0/s1. The molecule has 1 amide bonds. The van der Waals surface area contributed by atoms with Crippen molar-refractivity contribution in [1.82, 2.24) is 5.32 Å². The molecule has 2 N–H and O–H groups in total. The van der Waals surface area contributed by atoms with Gasteiger partial charge in [0, 0.05) is 16.8 Å². The highest BCUT2D eigenvalue weighted by molar-refractivity contribution is 6.31. The fraction of sp³-hybridized carbons (Fsp3) is 0.562. The first-order valence-corrected chi connectivity index (χ1v) is 7.73. The highest BCUT2D eigenvalue weighted by Crippen LogP contribution is 2.27. The van der Waals surface area contributed by atoms with Crippen LogP contribution in [0.1, 0.15) is 38.2 Å². The van der Waals surface area contributed by atoms with Crippen molar-refractivity contribution in [3.05, 3.63) is 28.8 Å². The average molecular weight is 295 g/mol. The van der Waals surface area contributed by atoms with Gasteiger partial charge in [-0.05, 0) is 50.3 Å². The number of anilines is 1. The van der Waals surface area contributed by atoms with Crippen LogP contribution >= 0.6 is 11.6 Å². The zero-order chi connectivity index (χ0) is 14.5. The van der Waals surface area contributed by atoms with Crippen LogP contribution in [0.4, 0.5) is 5.69 Å². The van der Waals surface area contributed by atoms with Gasteiger partial charge in [0.25, 0.3) is 0 Å². The van der Waals surface area contributed by atoms with E-state index in [0.717, 1.165) is 17.2 Å². The van der Waals surface area contributed by atoms with Crippen molar-refractivity contribution in [2.45, 2.75) is 45.6 Å². The molecule has 0 saturated heterocycles. The van der Waals surface area contributed by atoms with E-state index in [1.54, 1.807) is 6.07 Å². The summed E-state index contributed by atoms with van der Waals surface area (Å²) in [4.78, 5) is 12.0. The van der Waals surface area contributed by atoms with Gasteiger partial charge in [0.05, 0.1) is 6.54 Å². The Bertz CT molecular complexity index is 470. The van der Waals surface area contributed by atoms with Crippen LogP contribution in [0, 0.1) is 12.8 Å². The smallest absolute Gasteiger partial charge is 0.238 e. The molecule has 0 aromatic heterocycles. The van der Waals surface area contributed by atoms with E-state index < -0.39 is 0 Å². The Morgan fingerprint density at radius 1 is 1.40 bits per heavy atom. The Morgan fingerprint density at radius 3 is 2.80 bits per heavy atom. The summed E-state index contributed by atoms with van der Waals surface area (Å²) in [6.45, 7) is 4.48. The molecular weight excluding hydrogens is 272 g/mol. The van der Waals surface area contributed by atoms with E-state index in [1.165, 1.54) is 25.7 Å². The lowest BCUT2D eigenvalue weighted by atomic mass is 10.00. The summed E-state index contributed by atoms with van der Waals surface area (Å²) in [6.07, 6.45) is 5.21. The lowest BCUT2D eigenvalue weighted by Gasteiger charge is -2.20. The SMILES string of the molecule is Cc1ccc(Cl)cc1NC(=O)CN[C@@H](C)C1CCCC1. The normalized spacial score (nSPS) is 17.1. The molecule has 0 radical (unpaired) electrons. The van der Waals surface area contributed by atoms with Crippen molar-refractivity contribution in [3.63, 3.8) is 0 Å². The van der Waals surface area contributed by atoms with Gasteiger partial charge in [-0.3, -0.25) is 4.79 Å². The number of carbonyl (C=O) groups excluding carboxylic acids is 1. The summed E-state index contributed by atoms with van der Waals surface area (Å²) in [5.74, 6) is 0.705. The molecule has 1 aliphatic carbocycles. The third-order valence-corrected chi connectivity index (χ3v) is 4.40. The van der Waals surface area contributed by atoms with Crippen molar-refractivity contribution in [3.8, 4) is 0 Å². The Morgan fingerprint density at radius 2 is 2.10 bits per heavy atom. The predicted molar refractivity (Wildman–Crippen MR) is 84.2 cm³/mol. The summed E-state index contributed by atoms with van der Waals surface area (Å²) in [5.41, 5.74) is 1.81. The maximum atomic E-state index is 12.0. The van der Waals surface area contributed by atoms with E-state index >= 15 is 0 Å². The third kappa shape index (κ3) is 4.22. The number of hydrogen-bond donors (Lipinski definition) is 2. The van der Waals surface area contributed by atoms with E-state index in [9.17, 15) is 4.79 Å². The molecule has 1 aromatic carbocycles. The van der Waals surface area contributed by atoms with Gasteiger partial charge in [0.15, 0.2) is 0 Å². The summed E-state index contributed by atoms with van der Waals surface area (Å²) >= 11 is 5.95. The maximum Gasteiger partial charge on any atom is 0.238 e. The molecule has 0 bridgehead atoms. The molecule has 1 fully saturated rings. The largest absolute Gasteiger partial charge is 0.325 e. The second kappa shape index (κ2) is 7.09. The summed E-state index contributed by atoms with van der Waals surface area (Å²) in [5, 5.41) is 6.88. The van der Waals surface area contributed by atoms with Gasteiger partial charge in [-0.1, -0.05) is 30.5 Å². The van der Waals surface area contributed by atoms with Crippen LogP contribution in [0.15, 0.2) is 18.2 Å². The minimum Gasteiger partial charge on any atom is -0.325 e. The van der Waals surface area contributed by atoms with Crippen molar-refractivity contribution in [2.75, 3.05) is 11.9 Å². The molecule has 0 unspecified atom stereocenters. The molecule has 1 aliphatic rings. The van der Waals surface area contributed by atoms with Gasteiger partial charge < -0.3 is 10.6 Å². The van der Waals surface area contributed by atoms with E-state index in [2.05, 4.69) is 17.6 Å². The summed E-state index contributed by atoms with van der Waals surface area (Å²) in [6, 6.07) is 5.93. The van der Waals surface area contributed by atoms with Crippen LogP contribution in [0.3, 0.4) is 0 Å². The average Bonchev–Trinajstić information content (AvgIpc) is 2.94. The van der Waals surface area contributed by atoms with Crippen LogP contribution in [0.25, 0.3) is 0 Å². The molecule has 3 nitrogen and oxygen atoms in total. The summed E-state index contributed by atoms with van der Waals surface area (Å²) in [7, 11) is 0. The van der Waals surface area contributed by atoms with Crippen molar-refractivity contribution in [2.24, 2.45) is 5.92 Å². The number of halogens is 1. The molecular formula is C16H23ClN2O. The van der Waals surface area contributed by atoms with Crippen LogP contribution in [0.2, 0.25) is 5.02 Å². The molecule has 1 atom stereocenters. The Balaban J connectivity index is 1.81. The minimum absolute atomic E-state index is 0.0137. The molecule has 0 aliphatic heterocycles. The molecule has 2 rings (SSSR count). The molecule has 1 saturated carbocycles. The molecule has 0 heterocycles. The third-order valence-electron chi connectivity index (χ3n) is 4.17. The van der Waals surface area contributed by atoms with Gasteiger partial charge in [-0.2, -0.15) is 0 Å². The lowest BCUT2D eigenvalue weighted by Crippen LogP contribution is -2.38. The zero-order valence-corrected chi connectivity index (χ0v) is 13.0. The first-order chi connectivity index (χ1) is 9.56. The first kappa shape index (κ1) is 15.3. The summed E-state index contributed by atoms with van der Waals surface area (Å²) < 4.78 is 0. The Labute approximate surface area is 126 Å². The van der Waals surface area contributed by atoms with Crippen molar-refractivity contribution < 1.29 is 4.79 Å². The Hall–Kier alpha value is -1.06. The highest BCUT2D eigenvalue weighted by atomic mass is 35.5. The van der Waals surface area contributed by atoms with Crippen molar-refractivity contribution >= 4 is 23.2 Å². The van der Waals surface area contributed by atoms with Crippen LogP contribution in [-0.2, 0) is 4.79 Å². The number of benzene rings is 1. The van der Waals surface area contributed by atoms with E-state index in [-0.39, 0.29) is 5.91 Å². The second-order valence-electron chi connectivity index (χ2n) is 5.72. The first-order valence-electron chi connectivity index (χ1n) is 7.35. The van der Waals surface area contributed by atoms with Crippen LogP contribution < -0.4 is 10.6 Å². The van der Waals surface area contributed by atoms with E-state index in [1.807, 2.05) is 19.1 Å². The van der Waals surface area contributed by atoms with Crippen molar-refractivity contribution in [1.29, 1.82) is 0 Å². The highest BCUT2D eigenvalue weighted by Gasteiger charge is 2.21. The Kier molecular flexibility index (Phi) is 5.44. The molecule has 1 aromatic rings. The lowest BCUT2D eigenvalue weighted by molar-refractivity contribution is -0.115. The van der Waals surface area contributed by atoms with Gasteiger partial charge >= 0.3 is 0 Å². The number of rotatable bonds is 5. The number of carbonyl (C=O) groups is 1. The van der Waals surface area contributed by atoms with E-state index in [4.69, 9.17) is 11.6 Å². The van der Waals surface area contributed by atoms with Gasteiger partial charge in [-0.25, -0.2) is 0 Å². The van der Waals surface area contributed by atoms with Gasteiger partial charge in [0.2, 0.25) is 5.91 Å². The molecule has 110 valence electrons. The van der Waals surface area contributed by atoms with Gasteiger partial charge in [-0.15, -0.1) is 0 Å². The quantitative estimate of drug-likeness (QED) is 0.868. The zero-order valence-electron chi connectivity index (χ0n) is 12.2. The minimum atomic E-state index is -0.0137. The monoisotopic (exact) mass is 294 g/mol. The second-order valence-corrected chi connectivity index (χ2v) is 6.16. The molecule has 20 heavy (non-hydrogen) atoms. The maximum absolute atomic E-state index is 12.0. The fourth-order valence-corrected chi connectivity index (χ4v) is 2.97. The number of hydrogen-bond acceptors (Lipinski definition) is 2. The van der Waals surface area contributed by atoms with Crippen LogP contribution in [-0.4, -0.2) is 18.5 Å². The van der Waals surface area contributed by atoms with E-state index in [0.29, 0.717) is 17.6 Å². The topological polar surface area (TPSA) is 41.1 Å². The number of nitrogens with one attached hydrogen (secondary N) is 2. The number of aryl methyl sites for hydroxylation is 1. The molecule has 0 spiro atoms.